The Bertz CT molecular complexity index is 638. The van der Waals surface area contributed by atoms with Gasteiger partial charge in [-0.25, -0.2) is 5.43 Å². The van der Waals surface area contributed by atoms with Crippen LogP contribution < -0.4 is 5.43 Å². The molecule has 8 nitrogen and oxygen atoms in total. The lowest BCUT2D eigenvalue weighted by molar-refractivity contribution is -0.390. The zero-order valence-electron chi connectivity index (χ0n) is 12.0. The highest BCUT2D eigenvalue weighted by atomic mass is 79.9. The Morgan fingerprint density at radius 2 is 2.45 bits per heavy atom. The Labute approximate surface area is 135 Å². The molecule has 0 fully saturated rings. The summed E-state index contributed by atoms with van der Waals surface area (Å²) >= 11 is 3.10. The first-order valence-corrected chi connectivity index (χ1v) is 7.62. The van der Waals surface area contributed by atoms with Gasteiger partial charge < -0.3 is 10.1 Å². The number of carbonyl (C=O) groups is 1. The van der Waals surface area contributed by atoms with E-state index in [9.17, 15) is 14.9 Å². The van der Waals surface area contributed by atoms with Gasteiger partial charge in [0.1, 0.15) is 11.0 Å². The molecule has 1 heterocycles. The molecule has 1 aromatic rings. The van der Waals surface area contributed by atoms with E-state index >= 15 is 0 Å². The van der Waals surface area contributed by atoms with Crippen LogP contribution in [-0.4, -0.2) is 26.8 Å². The Morgan fingerprint density at radius 3 is 3.05 bits per heavy atom. The average Bonchev–Trinajstić information content (AvgIpc) is 2.77. The maximum absolute atomic E-state index is 11.8. The van der Waals surface area contributed by atoms with Gasteiger partial charge in [-0.2, -0.15) is 9.78 Å². The van der Waals surface area contributed by atoms with Crippen molar-refractivity contribution < 1.29 is 9.72 Å². The predicted molar refractivity (Wildman–Crippen MR) is 84.4 cm³/mol. The molecular formula is C13H16BrN5O3. The zero-order valence-corrected chi connectivity index (χ0v) is 13.6. The second-order valence-electron chi connectivity index (χ2n) is 5.00. The van der Waals surface area contributed by atoms with Gasteiger partial charge in [0.05, 0.1) is 10.8 Å². The van der Waals surface area contributed by atoms with E-state index in [2.05, 4.69) is 43.7 Å². The number of hydrazone groups is 1. The van der Waals surface area contributed by atoms with Gasteiger partial charge in [-0.15, -0.1) is 0 Å². The number of nitrogens with one attached hydrogen (secondary N) is 1. The summed E-state index contributed by atoms with van der Waals surface area (Å²) in [5, 5.41) is 18.5. The number of hydrogen-bond acceptors (Lipinski definition) is 5. The van der Waals surface area contributed by atoms with Gasteiger partial charge in [0, 0.05) is 6.21 Å². The Hall–Kier alpha value is -2.03. The van der Waals surface area contributed by atoms with Crippen molar-refractivity contribution in [1.82, 2.24) is 15.2 Å². The molecule has 0 saturated carbocycles. The SMILES string of the molecule is Cc1c(Br)c([N+](=O)[O-])nn1CC(=O)N/N=C/C1CC=CCC1. The van der Waals surface area contributed by atoms with Crippen LogP contribution in [0.15, 0.2) is 21.7 Å². The third-order valence-corrected chi connectivity index (χ3v) is 4.30. The molecule has 1 N–H and O–H groups in total. The molecule has 0 saturated heterocycles. The number of carbonyl (C=O) groups excluding carboxylic acids is 1. The maximum Gasteiger partial charge on any atom is 0.404 e. The second-order valence-corrected chi connectivity index (χ2v) is 5.79. The van der Waals surface area contributed by atoms with Gasteiger partial charge in [0.15, 0.2) is 0 Å². The Morgan fingerprint density at radius 1 is 1.68 bits per heavy atom. The summed E-state index contributed by atoms with van der Waals surface area (Å²) in [6, 6.07) is 0. The average molecular weight is 370 g/mol. The zero-order chi connectivity index (χ0) is 16.1. The van der Waals surface area contributed by atoms with Crippen molar-refractivity contribution in [3.8, 4) is 0 Å². The van der Waals surface area contributed by atoms with Crippen molar-refractivity contribution >= 4 is 33.9 Å². The first kappa shape index (κ1) is 16.3. The van der Waals surface area contributed by atoms with E-state index in [1.807, 2.05) is 0 Å². The van der Waals surface area contributed by atoms with Crippen LogP contribution in [0.5, 0.6) is 0 Å². The second kappa shape index (κ2) is 7.30. The third-order valence-electron chi connectivity index (χ3n) is 3.37. The first-order valence-electron chi connectivity index (χ1n) is 6.83. The number of nitrogens with zero attached hydrogens (tertiary/aromatic N) is 4. The van der Waals surface area contributed by atoms with E-state index < -0.39 is 4.92 Å². The van der Waals surface area contributed by atoms with Gasteiger partial charge in [-0.1, -0.05) is 12.2 Å². The van der Waals surface area contributed by atoms with Crippen molar-refractivity contribution in [3.63, 3.8) is 0 Å². The monoisotopic (exact) mass is 369 g/mol. The van der Waals surface area contributed by atoms with Crippen molar-refractivity contribution in [2.75, 3.05) is 0 Å². The molecule has 1 atom stereocenters. The molecule has 0 aromatic carbocycles. The van der Waals surface area contributed by atoms with Crippen LogP contribution >= 0.6 is 15.9 Å². The highest BCUT2D eigenvalue weighted by molar-refractivity contribution is 9.10. The van der Waals surface area contributed by atoms with Crippen molar-refractivity contribution in [2.45, 2.75) is 32.7 Å². The Kier molecular flexibility index (Phi) is 5.42. The highest BCUT2D eigenvalue weighted by Crippen LogP contribution is 2.26. The summed E-state index contributed by atoms with van der Waals surface area (Å²) in [4.78, 5) is 22.0. The van der Waals surface area contributed by atoms with Crippen molar-refractivity contribution in [2.24, 2.45) is 11.0 Å². The number of hydrogen-bond donors (Lipinski definition) is 1. The molecule has 22 heavy (non-hydrogen) atoms. The lowest BCUT2D eigenvalue weighted by Crippen LogP contribution is -2.25. The van der Waals surface area contributed by atoms with Crippen molar-refractivity contribution in [1.29, 1.82) is 0 Å². The lowest BCUT2D eigenvalue weighted by Gasteiger charge is -2.11. The smallest absolute Gasteiger partial charge is 0.358 e. The van der Waals surface area contributed by atoms with Crippen LogP contribution in [0.3, 0.4) is 0 Å². The van der Waals surface area contributed by atoms with Gasteiger partial charge >= 0.3 is 5.82 Å². The molecule has 9 heteroatoms. The standard InChI is InChI=1S/C13H16BrN5O3/c1-9-12(14)13(19(21)22)17-18(9)8-11(20)16-15-7-10-5-3-2-4-6-10/h2-3,7,10H,4-6,8H2,1H3,(H,16,20)/b15-7+. The minimum atomic E-state index is -0.597. The van der Waals surface area contributed by atoms with E-state index in [0.717, 1.165) is 19.3 Å². The normalized spacial score (nSPS) is 17.8. The van der Waals surface area contributed by atoms with Crippen LogP contribution in [0.2, 0.25) is 0 Å². The summed E-state index contributed by atoms with van der Waals surface area (Å²) in [7, 11) is 0. The van der Waals surface area contributed by atoms with Crippen LogP contribution in [0.1, 0.15) is 25.0 Å². The van der Waals surface area contributed by atoms with Gasteiger partial charge in [0.25, 0.3) is 5.91 Å². The largest absolute Gasteiger partial charge is 0.404 e. The number of nitro groups is 1. The maximum atomic E-state index is 11.8. The number of amides is 1. The van der Waals surface area contributed by atoms with E-state index in [-0.39, 0.29) is 22.7 Å². The van der Waals surface area contributed by atoms with E-state index in [1.165, 1.54) is 4.68 Å². The first-order chi connectivity index (χ1) is 10.5. The highest BCUT2D eigenvalue weighted by Gasteiger charge is 2.24. The summed E-state index contributed by atoms with van der Waals surface area (Å²) in [6.45, 7) is 1.52. The van der Waals surface area contributed by atoms with Crippen LogP contribution in [0.25, 0.3) is 0 Å². The summed E-state index contributed by atoms with van der Waals surface area (Å²) in [6.07, 6.45) is 8.94. The quantitative estimate of drug-likeness (QED) is 0.372. The fourth-order valence-corrected chi connectivity index (χ4v) is 2.55. The molecule has 0 bridgehead atoms. The minimum absolute atomic E-state index is 0.125. The third kappa shape index (κ3) is 4.00. The Balaban J connectivity index is 1.92. The molecule has 1 unspecified atom stereocenters. The fourth-order valence-electron chi connectivity index (χ4n) is 2.12. The number of rotatable bonds is 5. The van der Waals surface area contributed by atoms with Crippen LogP contribution in [0.4, 0.5) is 5.82 Å². The summed E-state index contributed by atoms with van der Waals surface area (Å²) in [5.41, 5.74) is 2.94. The molecular weight excluding hydrogens is 354 g/mol. The van der Waals surface area contributed by atoms with Crippen molar-refractivity contribution in [3.05, 3.63) is 32.4 Å². The summed E-state index contributed by atoms with van der Waals surface area (Å²) in [5.74, 6) is -0.342. The molecule has 1 aliphatic rings. The van der Waals surface area contributed by atoms with Crippen LogP contribution in [0, 0.1) is 23.0 Å². The fraction of sp³-hybridized carbons (Fsp3) is 0.462. The van der Waals surface area contributed by atoms with Gasteiger partial charge in [0.2, 0.25) is 0 Å². The molecule has 0 spiro atoms. The lowest BCUT2D eigenvalue weighted by atomic mass is 9.96. The molecule has 0 aliphatic heterocycles. The molecule has 1 aromatic heterocycles. The van der Waals surface area contributed by atoms with Gasteiger partial charge in [-0.3, -0.25) is 4.79 Å². The number of halogens is 1. The predicted octanol–water partition coefficient (Wildman–Crippen LogP) is 2.32. The molecule has 1 amide bonds. The van der Waals surface area contributed by atoms with Gasteiger partial charge in [-0.05, 0) is 53.0 Å². The summed E-state index contributed by atoms with van der Waals surface area (Å²) < 4.78 is 1.55. The number of allylic oxidation sites excluding steroid dienone is 2. The van der Waals surface area contributed by atoms with Crippen LogP contribution in [-0.2, 0) is 11.3 Å². The number of aromatic nitrogens is 2. The van der Waals surface area contributed by atoms with E-state index in [1.54, 1.807) is 13.1 Å². The molecule has 1 aliphatic carbocycles. The molecule has 2 rings (SSSR count). The topological polar surface area (TPSA) is 102 Å². The molecule has 0 radical (unpaired) electrons. The van der Waals surface area contributed by atoms with E-state index in [4.69, 9.17) is 0 Å². The minimum Gasteiger partial charge on any atom is -0.358 e. The van der Waals surface area contributed by atoms with E-state index in [0.29, 0.717) is 11.6 Å². The molecule has 118 valence electrons.